The van der Waals surface area contributed by atoms with Crippen molar-refractivity contribution in [3.8, 4) is 11.4 Å². The third-order valence-corrected chi connectivity index (χ3v) is 2.14. The van der Waals surface area contributed by atoms with Crippen LogP contribution >= 0.6 is 0 Å². The van der Waals surface area contributed by atoms with Gasteiger partial charge >= 0.3 is 0 Å². The van der Waals surface area contributed by atoms with Gasteiger partial charge in [0.2, 0.25) is 0 Å². The quantitative estimate of drug-likeness (QED) is 0.791. The highest BCUT2D eigenvalue weighted by Crippen LogP contribution is 2.19. The van der Waals surface area contributed by atoms with Gasteiger partial charge in [-0.15, -0.1) is 0 Å². The molecule has 0 aliphatic heterocycles. The highest BCUT2D eigenvalue weighted by atomic mass is 19.1. The Morgan fingerprint density at radius 3 is 2.53 bits per heavy atom. The normalized spacial score (nSPS) is 11.6. The minimum Gasteiger partial charge on any atom is -0.237 e. The molecule has 1 heterocycles. The molecule has 2 aromatic rings. The number of allylic oxidation sites excluding steroid dienone is 1. The first kappa shape index (κ1) is 11.4. The lowest BCUT2D eigenvalue weighted by atomic mass is 10.1. The van der Waals surface area contributed by atoms with E-state index in [2.05, 4.69) is 16.9 Å². The summed E-state index contributed by atoms with van der Waals surface area (Å²) in [6.45, 7) is 3.06. The molecule has 1 radical (unpaired) electrons. The van der Waals surface area contributed by atoms with Crippen molar-refractivity contribution in [3.63, 3.8) is 0 Å². The fourth-order valence-electron chi connectivity index (χ4n) is 1.40. The number of aromatic nitrogens is 2. The summed E-state index contributed by atoms with van der Waals surface area (Å²) in [5.74, 6) is -0.793. The predicted octanol–water partition coefficient (Wildman–Crippen LogP) is 3.43. The minimum atomic E-state index is -0.687. The first-order valence-corrected chi connectivity index (χ1v) is 4.93. The number of halogens is 2. The molecule has 0 aliphatic rings. The van der Waals surface area contributed by atoms with Gasteiger partial charge in [0.1, 0.15) is 11.6 Å². The van der Waals surface area contributed by atoms with E-state index in [-0.39, 0.29) is 5.56 Å². The third kappa shape index (κ3) is 2.72. The molecule has 2 rings (SSSR count). The smallest absolute Gasteiger partial charge is 0.159 e. The topological polar surface area (TPSA) is 25.8 Å². The van der Waals surface area contributed by atoms with Crippen LogP contribution in [0.2, 0.25) is 0 Å². The maximum atomic E-state index is 13.6. The third-order valence-electron chi connectivity index (χ3n) is 2.14. The molecule has 1 aromatic heterocycles. The number of hydrogen-bond donors (Lipinski definition) is 0. The second kappa shape index (κ2) is 4.82. The van der Waals surface area contributed by atoms with Crippen LogP contribution in [0.4, 0.5) is 8.78 Å². The van der Waals surface area contributed by atoms with E-state index in [0.717, 1.165) is 6.08 Å². The molecule has 85 valence electrons. The molecule has 0 saturated heterocycles. The Morgan fingerprint density at radius 1 is 1.24 bits per heavy atom. The number of benzene rings is 1. The van der Waals surface area contributed by atoms with E-state index >= 15 is 0 Å². The maximum Gasteiger partial charge on any atom is 0.159 e. The van der Waals surface area contributed by atoms with Crippen LogP contribution in [0.1, 0.15) is 5.56 Å². The maximum absolute atomic E-state index is 13.6. The van der Waals surface area contributed by atoms with Gasteiger partial charge in [-0.05, 0) is 18.2 Å². The van der Waals surface area contributed by atoms with Gasteiger partial charge in [0.15, 0.2) is 5.82 Å². The standard InChI is InChI=1S/C13H9F2N2/c1-9(14)7-10-3-4-11(8-12(10)15)13-16-5-2-6-17-13/h2-8H,1H2/b9-7-. The summed E-state index contributed by atoms with van der Waals surface area (Å²) in [4.78, 5) is 8.00. The lowest BCUT2D eigenvalue weighted by Crippen LogP contribution is -1.89. The molecule has 0 N–H and O–H groups in total. The summed E-state index contributed by atoms with van der Waals surface area (Å²) in [6.07, 6.45) is 4.18. The lowest BCUT2D eigenvalue weighted by Gasteiger charge is -2.02. The second-order valence-electron chi connectivity index (χ2n) is 3.40. The average Bonchev–Trinajstić information content (AvgIpc) is 2.32. The van der Waals surface area contributed by atoms with E-state index in [9.17, 15) is 8.78 Å². The summed E-state index contributed by atoms with van der Waals surface area (Å²) >= 11 is 0. The van der Waals surface area contributed by atoms with Crippen molar-refractivity contribution in [2.75, 3.05) is 0 Å². The van der Waals surface area contributed by atoms with Crippen LogP contribution in [-0.4, -0.2) is 9.97 Å². The second-order valence-corrected chi connectivity index (χ2v) is 3.40. The Kier molecular flexibility index (Phi) is 3.23. The molecule has 0 aliphatic carbocycles. The van der Waals surface area contributed by atoms with Crippen molar-refractivity contribution in [3.05, 3.63) is 60.8 Å². The van der Waals surface area contributed by atoms with E-state index in [1.165, 1.54) is 12.1 Å². The van der Waals surface area contributed by atoms with Crippen molar-refractivity contribution in [1.82, 2.24) is 9.97 Å². The van der Waals surface area contributed by atoms with E-state index in [1.54, 1.807) is 24.5 Å². The van der Waals surface area contributed by atoms with Gasteiger partial charge < -0.3 is 0 Å². The Morgan fingerprint density at radius 2 is 1.94 bits per heavy atom. The zero-order valence-electron chi connectivity index (χ0n) is 8.90. The van der Waals surface area contributed by atoms with Gasteiger partial charge in [0.05, 0.1) is 0 Å². The van der Waals surface area contributed by atoms with E-state index in [0.29, 0.717) is 11.4 Å². The molecule has 0 bridgehead atoms. The summed E-state index contributed by atoms with van der Waals surface area (Å²) < 4.78 is 26.2. The van der Waals surface area contributed by atoms with E-state index in [4.69, 9.17) is 0 Å². The fraction of sp³-hybridized carbons (Fsp3) is 0. The zero-order valence-corrected chi connectivity index (χ0v) is 8.90. The SMILES string of the molecule is [CH2]/C(F)=C/c1ccc(-c2ncccn2)cc1F. The van der Waals surface area contributed by atoms with Crippen LogP contribution in [0, 0.1) is 12.7 Å². The molecular formula is C13H9F2N2. The average molecular weight is 231 g/mol. The number of rotatable bonds is 2. The molecule has 0 spiro atoms. The van der Waals surface area contributed by atoms with Crippen LogP contribution in [-0.2, 0) is 0 Å². The molecule has 0 fully saturated rings. The molecule has 4 heteroatoms. The van der Waals surface area contributed by atoms with E-state index in [1.807, 2.05) is 0 Å². The Bertz CT molecular complexity index is 547. The van der Waals surface area contributed by atoms with Crippen LogP contribution in [0.15, 0.2) is 42.5 Å². The monoisotopic (exact) mass is 231 g/mol. The minimum absolute atomic E-state index is 0.150. The molecule has 0 atom stereocenters. The molecule has 2 nitrogen and oxygen atoms in total. The van der Waals surface area contributed by atoms with Gasteiger partial charge in [0, 0.05) is 30.4 Å². The van der Waals surface area contributed by atoms with Gasteiger partial charge in [-0.25, -0.2) is 18.7 Å². The summed E-state index contributed by atoms with van der Waals surface area (Å²) in [5, 5.41) is 0. The molecular weight excluding hydrogens is 222 g/mol. The molecule has 0 amide bonds. The van der Waals surface area contributed by atoms with Crippen LogP contribution in [0.5, 0.6) is 0 Å². The Hall–Kier alpha value is -2.10. The first-order chi connectivity index (χ1) is 8.16. The van der Waals surface area contributed by atoms with Crippen molar-refractivity contribution in [2.24, 2.45) is 0 Å². The predicted molar refractivity (Wildman–Crippen MR) is 61.9 cm³/mol. The molecule has 1 aromatic carbocycles. The van der Waals surface area contributed by atoms with Crippen LogP contribution in [0.25, 0.3) is 17.5 Å². The van der Waals surface area contributed by atoms with Crippen molar-refractivity contribution in [2.45, 2.75) is 0 Å². The number of hydrogen-bond acceptors (Lipinski definition) is 2. The highest BCUT2D eigenvalue weighted by Gasteiger charge is 2.05. The van der Waals surface area contributed by atoms with Gasteiger partial charge in [0.25, 0.3) is 0 Å². The van der Waals surface area contributed by atoms with Crippen molar-refractivity contribution < 1.29 is 8.78 Å². The number of nitrogens with zero attached hydrogens (tertiary/aromatic N) is 2. The van der Waals surface area contributed by atoms with Crippen LogP contribution in [0.3, 0.4) is 0 Å². The lowest BCUT2D eigenvalue weighted by molar-refractivity contribution is 0.623. The molecule has 0 saturated carbocycles. The Balaban J connectivity index is 2.41. The first-order valence-electron chi connectivity index (χ1n) is 4.93. The highest BCUT2D eigenvalue weighted by molar-refractivity contribution is 5.61. The summed E-state index contributed by atoms with van der Waals surface area (Å²) in [6, 6.07) is 6.04. The summed E-state index contributed by atoms with van der Waals surface area (Å²) in [5.41, 5.74) is 0.696. The van der Waals surface area contributed by atoms with Crippen LogP contribution < -0.4 is 0 Å². The van der Waals surface area contributed by atoms with E-state index < -0.39 is 11.6 Å². The van der Waals surface area contributed by atoms with Gasteiger partial charge in [-0.1, -0.05) is 12.1 Å². The largest absolute Gasteiger partial charge is 0.237 e. The van der Waals surface area contributed by atoms with Crippen molar-refractivity contribution >= 4 is 6.08 Å². The van der Waals surface area contributed by atoms with Gasteiger partial charge in [-0.2, -0.15) is 0 Å². The van der Waals surface area contributed by atoms with Crippen molar-refractivity contribution in [1.29, 1.82) is 0 Å². The Labute approximate surface area is 97.7 Å². The molecule has 17 heavy (non-hydrogen) atoms. The summed E-state index contributed by atoms with van der Waals surface area (Å²) in [7, 11) is 0. The van der Waals surface area contributed by atoms with Gasteiger partial charge in [-0.3, -0.25) is 0 Å². The fourth-order valence-corrected chi connectivity index (χ4v) is 1.40. The zero-order chi connectivity index (χ0) is 12.3. The molecule has 0 unspecified atom stereocenters.